The minimum Gasteiger partial charge on any atom is -0.480 e. The van der Waals surface area contributed by atoms with Crippen LogP contribution in [-0.4, -0.2) is 47.5 Å². The Morgan fingerprint density at radius 2 is 2.00 bits per heavy atom. The molecule has 0 aliphatic carbocycles. The summed E-state index contributed by atoms with van der Waals surface area (Å²) in [6.45, 7) is 1.32. The highest BCUT2D eigenvalue weighted by atomic mass is 16.4. The van der Waals surface area contributed by atoms with E-state index in [1.807, 2.05) is 31.2 Å². The molecule has 0 aliphatic rings. The number of benzene rings is 1. The summed E-state index contributed by atoms with van der Waals surface area (Å²) in [5.74, 6) is -1.96. The van der Waals surface area contributed by atoms with Gasteiger partial charge >= 0.3 is 12.0 Å². The number of carboxylic acid groups (broad SMARTS) is 1. The Kier molecular flexibility index (Phi) is 6.19. The first-order valence-corrected chi connectivity index (χ1v) is 6.47. The van der Waals surface area contributed by atoms with E-state index in [-0.39, 0.29) is 0 Å². The van der Waals surface area contributed by atoms with Crippen molar-refractivity contribution in [3.63, 3.8) is 0 Å². The number of aliphatic carboxylic acids is 1. The molecule has 0 aliphatic heterocycles. The molecule has 0 unspecified atom stereocenters. The van der Waals surface area contributed by atoms with Crippen LogP contribution < -0.4 is 11.1 Å². The molecule has 0 spiro atoms. The number of nitrogens with one attached hydrogen (secondary N) is 1. The number of carbonyl (C=O) groups is 3. The van der Waals surface area contributed by atoms with Crippen LogP contribution in [0.3, 0.4) is 0 Å². The van der Waals surface area contributed by atoms with Gasteiger partial charge in [-0.2, -0.15) is 0 Å². The molecule has 114 valence electrons. The summed E-state index contributed by atoms with van der Waals surface area (Å²) in [5.41, 5.74) is 7.18. The van der Waals surface area contributed by atoms with Gasteiger partial charge in [0.2, 0.25) is 5.91 Å². The van der Waals surface area contributed by atoms with Crippen LogP contribution >= 0.6 is 0 Å². The fourth-order valence-electron chi connectivity index (χ4n) is 1.84. The van der Waals surface area contributed by atoms with Gasteiger partial charge in [0, 0.05) is 6.54 Å². The zero-order valence-corrected chi connectivity index (χ0v) is 11.8. The van der Waals surface area contributed by atoms with E-state index < -0.39 is 31.0 Å². The molecule has 0 atom stereocenters. The Morgan fingerprint density at radius 3 is 2.57 bits per heavy atom. The Morgan fingerprint density at radius 1 is 1.29 bits per heavy atom. The highest BCUT2D eigenvalue weighted by molar-refractivity contribution is 5.85. The summed E-state index contributed by atoms with van der Waals surface area (Å²) in [6, 6.07) is 7.23. The van der Waals surface area contributed by atoms with Gasteiger partial charge in [0.05, 0.1) is 0 Å². The topological polar surface area (TPSA) is 113 Å². The maximum Gasteiger partial charge on any atom is 0.323 e. The average molecular weight is 293 g/mol. The number of hydrogen-bond donors (Lipinski definition) is 3. The number of carbonyl (C=O) groups excluding carboxylic acids is 2. The monoisotopic (exact) mass is 293 g/mol. The summed E-state index contributed by atoms with van der Waals surface area (Å²) < 4.78 is 0. The smallest absolute Gasteiger partial charge is 0.323 e. The SMILES string of the molecule is Cc1cccc(CCNC(=O)N(CC(N)=O)CC(=O)O)c1. The van der Waals surface area contributed by atoms with E-state index in [4.69, 9.17) is 10.8 Å². The van der Waals surface area contributed by atoms with Crippen LogP contribution in [0.5, 0.6) is 0 Å². The van der Waals surface area contributed by atoms with Crippen LogP contribution in [0, 0.1) is 6.92 Å². The first-order valence-electron chi connectivity index (χ1n) is 6.47. The van der Waals surface area contributed by atoms with Crippen molar-refractivity contribution in [1.82, 2.24) is 10.2 Å². The number of aryl methyl sites for hydroxylation is 1. The van der Waals surface area contributed by atoms with E-state index in [9.17, 15) is 14.4 Å². The zero-order chi connectivity index (χ0) is 15.8. The third-order valence-corrected chi connectivity index (χ3v) is 2.73. The first-order chi connectivity index (χ1) is 9.88. The summed E-state index contributed by atoms with van der Waals surface area (Å²) >= 11 is 0. The number of amides is 3. The van der Waals surface area contributed by atoms with Crippen LogP contribution in [-0.2, 0) is 16.0 Å². The molecule has 0 bridgehead atoms. The predicted molar refractivity (Wildman–Crippen MR) is 76.7 cm³/mol. The van der Waals surface area contributed by atoms with Gasteiger partial charge in [-0.25, -0.2) is 4.79 Å². The van der Waals surface area contributed by atoms with Crippen LogP contribution in [0.15, 0.2) is 24.3 Å². The number of primary amides is 1. The van der Waals surface area contributed by atoms with Crippen LogP contribution in [0.1, 0.15) is 11.1 Å². The van der Waals surface area contributed by atoms with E-state index in [1.54, 1.807) is 0 Å². The van der Waals surface area contributed by atoms with Gasteiger partial charge in [-0.15, -0.1) is 0 Å². The molecule has 21 heavy (non-hydrogen) atoms. The van der Waals surface area contributed by atoms with Gasteiger partial charge < -0.3 is 21.1 Å². The van der Waals surface area contributed by atoms with E-state index in [1.165, 1.54) is 0 Å². The number of rotatable bonds is 7. The number of hydrogen-bond acceptors (Lipinski definition) is 3. The van der Waals surface area contributed by atoms with Crippen LogP contribution in [0.25, 0.3) is 0 Å². The maximum absolute atomic E-state index is 11.8. The number of carboxylic acids is 1. The highest BCUT2D eigenvalue weighted by Crippen LogP contribution is 2.04. The van der Waals surface area contributed by atoms with E-state index in [0.29, 0.717) is 13.0 Å². The molecule has 4 N–H and O–H groups in total. The molecular weight excluding hydrogens is 274 g/mol. The fourth-order valence-corrected chi connectivity index (χ4v) is 1.84. The van der Waals surface area contributed by atoms with Crippen molar-refractivity contribution < 1.29 is 19.5 Å². The normalized spacial score (nSPS) is 9.95. The highest BCUT2D eigenvalue weighted by Gasteiger charge is 2.18. The third-order valence-electron chi connectivity index (χ3n) is 2.73. The second kappa shape index (κ2) is 7.88. The minimum atomic E-state index is -1.20. The van der Waals surface area contributed by atoms with E-state index >= 15 is 0 Å². The molecule has 7 heteroatoms. The molecule has 0 saturated carbocycles. The fraction of sp³-hybridized carbons (Fsp3) is 0.357. The molecule has 1 rings (SSSR count). The van der Waals surface area contributed by atoms with Crippen molar-refractivity contribution in [3.05, 3.63) is 35.4 Å². The van der Waals surface area contributed by atoms with Crippen molar-refractivity contribution in [1.29, 1.82) is 0 Å². The summed E-state index contributed by atoms with van der Waals surface area (Å²) in [5, 5.41) is 11.3. The molecule has 7 nitrogen and oxygen atoms in total. The van der Waals surface area contributed by atoms with Gasteiger partial charge in [-0.1, -0.05) is 29.8 Å². The van der Waals surface area contributed by atoms with Crippen molar-refractivity contribution in [3.8, 4) is 0 Å². The molecular formula is C14H19N3O4. The predicted octanol–water partition coefficient (Wildman–Crippen LogP) is 0.119. The molecule has 0 heterocycles. The molecule has 0 radical (unpaired) electrons. The summed E-state index contributed by atoms with van der Waals surface area (Å²) in [7, 11) is 0. The lowest BCUT2D eigenvalue weighted by molar-refractivity contribution is -0.137. The molecule has 0 aromatic heterocycles. The Bertz CT molecular complexity index is 515. The number of nitrogens with zero attached hydrogens (tertiary/aromatic N) is 1. The second-order valence-electron chi connectivity index (χ2n) is 4.69. The van der Waals surface area contributed by atoms with E-state index in [2.05, 4.69) is 5.32 Å². The molecule has 0 saturated heterocycles. The van der Waals surface area contributed by atoms with Crippen molar-refractivity contribution >= 4 is 17.9 Å². The average Bonchev–Trinajstić information content (AvgIpc) is 2.36. The molecule has 1 aromatic carbocycles. The Labute approximate surface area is 122 Å². The standard InChI is InChI=1S/C14H19N3O4/c1-10-3-2-4-11(7-10)5-6-16-14(21)17(8-12(15)18)9-13(19)20/h2-4,7H,5-6,8-9H2,1H3,(H2,15,18)(H,16,21)(H,19,20). The summed E-state index contributed by atoms with van der Waals surface area (Å²) in [4.78, 5) is 34.2. The van der Waals surface area contributed by atoms with Gasteiger partial charge in [0.25, 0.3) is 0 Å². The lowest BCUT2D eigenvalue weighted by Crippen LogP contribution is -2.47. The second-order valence-corrected chi connectivity index (χ2v) is 4.69. The van der Waals surface area contributed by atoms with Gasteiger partial charge in [-0.3, -0.25) is 9.59 Å². The van der Waals surface area contributed by atoms with E-state index in [0.717, 1.165) is 16.0 Å². The van der Waals surface area contributed by atoms with Crippen LogP contribution in [0.4, 0.5) is 4.79 Å². The zero-order valence-electron chi connectivity index (χ0n) is 11.8. The maximum atomic E-state index is 11.8. The Hall–Kier alpha value is -2.57. The lowest BCUT2D eigenvalue weighted by atomic mass is 10.1. The van der Waals surface area contributed by atoms with Crippen LogP contribution in [0.2, 0.25) is 0 Å². The number of urea groups is 1. The molecule has 0 fully saturated rings. The molecule has 1 aromatic rings. The Balaban J connectivity index is 2.49. The van der Waals surface area contributed by atoms with Crippen molar-refractivity contribution in [2.24, 2.45) is 5.73 Å². The van der Waals surface area contributed by atoms with Gasteiger partial charge in [0.15, 0.2) is 0 Å². The quantitative estimate of drug-likeness (QED) is 0.662. The lowest BCUT2D eigenvalue weighted by Gasteiger charge is -2.19. The third kappa shape index (κ3) is 6.42. The van der Waals surface area contributed by atoms with Gasteiger partial charge in [0.1, 0.15) is 13.1 Å². The van der Waals surface area contributed by atoms with Gasteiger partial charge in [-0.05, 0) is 18.9 Å². The first kappa shape index (κ1) is 16.5. The van der Waals surface area contributed by atoms with Crippen molar-refractivity contribution in [2.45, 2.75) is 13.3 Å². The number of nitrogens with two attached hydrogens (primary N) is 1. The molecule has 3 amide bonds. The minimum absolute atomic E-state index is 0.344. The largest absolute Gasteiger partial charge is 0.480 e. The summed E-state index contributed by atoms with van der Waals surface area (Å²) in [6.07, 6.45) is 0.616. The van der Waals surface area contributed by atoms with Crippen molar-refractivity contribution in [2.75, 3.05) is 19.6 Å².